The van der Waals surface area contributed by atoms with Gasteiger partial charge in [-0.05, 0) is 18.2 Å². The fourth-order valence-electron chi connectivity index (χ4n) is 1.03. The second kappa shape index (κ2) is 4.86. The number of nitrogens with one attached hydrogen (secondary N) is 1. The first-order valence-electron chi connectivity index (χ1n) is 4.32. The molecule has 78 valence electrons. The van der Waals surface area contributed by atoms with Crippen LogP contribution in [0.4, 0.5) is 0 Å². The molecule has 0 heterocycles. The minimum Gasteiger partial charge on any atom is -0.508 e. The third-order valence-corrected chi connectivity index (χ3v) is 1.75. The van der Waals surface area contributed by atoms with Crippen LogP contribution in [0.25, 0.3) is 0 Å². The van der Waals surface area contributed by atoms with E-state index < -0.39 is 5.91 Å². The van der Waals surface area contributed by atoms with Gasteiger partial charge >= 0.3 is 0 Å². The normalized spacial score (nSPS) is 9.27. The highest BCUT2D eigenvalue weighted by Crippen LogP contribution is 2.21. The Hall–Kier alpha value is -2.22. The number of hydrogen-bond acceptors (Lipinski definition) is 4. The Morgan fingerprint density at radius 2 is 2.20 bits per heavy atom. The molecule has 0 radical (unpaired) electrons. The van der Waals surface area contributed by atoms with Crippen LogP contribution >= 0.6 is 0 Å². The lowest BCUT2D eigenvalue weighted by Gasteiger charge is -2.05. The first-order chi connectivity index (χ1) is 7.15. The van der Waals surface area contributed by atoms with Gasteiger partial charge in [0.25, 0.3) is 5.91 Å². The molecule has 0 aliphatic rings. The molecule has 1 rings (SSSR count). The Morgan fingerprint density at radius 1 is 1.47 bits per heavy atom. The van der Waals surface area contributed by atoms with Crippen LogP contribution < -0.4 is 5.32 Å². The molecule has 0 aromatic heterocycles. The number of rotatable bonds is 3. The Balaban J connectivity index is 2.73. The van der Waals surface area contributed by atoms with Crippen LogP contribution in [-0.4, -0.2) is 22.7 Å². The van der Waals surface area contributed by atoms with Crippen molar-refractivity contribution < 1.29 is 15.0 Å². The van der Waals surface area contributed by atoms with Crippen molar-refractivity contribution in [2.45, 2.75) is 6.42 Å². The van der Waals surface area contributed by atoms with Crippen LogP contribution in [0, 0.1) is 11.3 Å². The van der Waals surface area contributed by atoms with E-state index in [-0.39, 0.29) is 30.0 Å². The number of nitriles is 1. The standard InChI is InChI=1S/C10H10N2O3/c11-4-1-5-12-10(15)8-6-7(13)2-3-9(8)14/h2-3,6,13-14H,1,5H2,(H,12,15). The molecule has 0 unspecified atom stereocenters. The SMILES string of the molecule is N#CCCNC(=O)c1cc(O)ccc1O. The number of hydrogen-bond donors (Lipinski definition) is 3. The predicted molar refractivity (Wildman–Crippen MR) is 52.3 cm³/mol. The highest BCUT2D eigenvalue weighted by molar-refractivity contribution is 5.97. The van der Waals surface area contributed by atoms with E-state index in [0.29, 0.717) is 0 Å². The lowest BCUT2D eigenvalue weighted by molar-refractivity contribution is 0.0951. The summed E-state index contributed by atoms with van der Waals surface area (Å²) in [5, 5.41) is 29.1. The molecule has 15 heavy (non-hydrogen) atoms. The number of phenols is 2. The third kappa shape index (κ3) is 2.88. The maximum Gasteiger partial charge on any atom is 0.255 e. The van der Waals surface area contributed by atoms with E-state index in [0.717, 1.165) is 6.07 Å². The topological polar surface area (TPSA) is 93.4 Å². The van der Waals surface area contributed by atoms with Crippen LogP contribution in [0.5, 0.6) is 11.5 Å². The monoisotopic (exact) mass is 206 g/mol. The number of nitrogens with zero attached hydrogens (tertiary/aromatic N) is 1. The molecule has 5 nitrogen and oxygen atoms in total. The van der Waals surface area contributed by atoms with E-state index in [2.05, 4.69) is 5.32 Å². The van der Waals surface area contributed by atoms with Crippen molar-refractivity contribution in [1.82, 2.24) is 5.32 Å². The average Bonchev–Trinajstić information content (AvgIpc) is 2.22. The largest absolute Gasteiger partial charge is 0.508 e. The third-order valence-electron chi connectivity index (χ3n) is 1.75. The molecule has 0 aliphatic heterocycles. The zero-order chi connectivity index (χ0) is 11.3. The maximum atomic E-state index is 11.4. The smallest absolute Gasteiger partial charge is 0.255 e. The first-order valence-corrected chi connectivity index (χ1v) is 4.32. The highest BCUT2D eigenvalue weighted by Gasteiger charge is 2.10. The molecule has 0 fully saturated rings. The van der Waals surface area contributed by atoms with Crippen LogP contribution in [0.2, 0.25) is 0 Å². The van der Waals surface area contributed by atoms with Gasteiger partial charge in [0.1, 0.15) is 11.5 Å². The van der Waals surface area contributed by atoms with Crippen LogP contribution in [0.3, 0.4) is 0 Å². The zero-order valence-corrected chi connectivity index (χ0v) is 7.90. The quantitative estimate of drug-likeness (QED) is 0.502. The molecule has 3 N–H and O–H groups in total. The Kier molecular flexibility index (Phi) is 3.52. The average molecular weight is 206 g/mol. The number of aromatic hydroxyl groups is 2. The summed E-state index contributed by atoms with van der Waals surface area (Å²) in [5.41, 5.74) is -0.00654. The summed E-state index contributed by atoms with van der Waals surface area (Å²) in [7, 11) is 0. The highest BCUT2D eigenvalue weighted by atomic mass is 16.3. The summed E-state index contributed by atoms with van der Waals surface area (Å²) >= 11 is 0. The van der Waals surface area contributed by atoms with E-state index in [1.54, 1.807) is 0 Å². The van der Waals surface area contributed by atoms with Crippen LogP contribution in [0.1, 0.15) is 16.8 Å². The van der Waals surface area contributed by atoms with Gasteiger partial charge in [-0.1, -0.05) is 0 Å². The number of phenolic OH excluding ortho intramolecular Hbond substituents is 2. The number of carbonyl (C=O) groups excluding carboxylic acids is 1. The lowest BCUT2D eigenvalue weighted by Crippen LogP contribution is -2.24. The molecule has 0 atom stereocenters. The van der Waals surface area contributed by atoms with Crippen molar-refractivity contribution in [2.24, 2.45) is 0 Å². The molecule has 1 aromatic rings. The fraction of sp³-hybridized carbons (Fsp3) is 0.200. The molecule has 0 aliphatic carbocycles. The molecule has 1 aromatic carbocycles. The van der Waals surface area contributed by atoms with Crippen LogP contribution in [0.15, 0.2) is 18.2 Å². The number of amides is 1. The molecule has 5 heteroatoms. The molecule has 0 spiro atoms. The van der Waals surface area contributed by atoms with Gasteiger partial charge in [-0.2, -0.15) is 5.26 Å². The number of carbonyl (C=O) groups is 1. The van der Waals surface area contributed by atoms with Crippen molar-refractivity contribution in [3.05, 3.63) is 23.8 Å². The van der Waals surface area contributed by atoms with E-state index in [4.69, 9.17) is 10.4 Å². The zero-order valence-electron chi connectivity index (χ0n) is 7.90. The Labute approximate surface area is 86.6 Å². The van der Waals surface area contributed by atoms with E-state index >= 15 is 0 Å². The van der Waals surface area contributed by atoms with Gasteiger partial charge in [-0.3, -0.25) is 4.79 Å². The van der Waals surface area contributed by atoms with Crippen molar-refractivity contribution in [3.8, 4) is 17.6 Å². The van der Waals surface area contributed by atoms with E-state index in [1.807, 2.05) is 6.07 Å². The minimum atomic E-state index is -0.515. The van der Waals surface area contributed by atoms with Crippen molar-refractivity contribution in [2.75, 3.05) is 6.54 Å². The molecule has 0 bridgehead atoms. The van der Waals surface area contributed by atoms with E-state index in [9.17, 15) is 9.90 Å². The van der Waals surface area contributed by atoms with Crippen LogP contribution in [-0.2, 0) is 0 Å². The van der Waals surface area contributed by atoms with Gasteiger partial charge < -0.3 is 15.5 Å². The summed E-state index contributed by atoms with van der Waals surface area (Å²) in [6.45, 7) is 0.213. The molecule has 0 saturated heterocycles. The van der Waals surface area contributed by atoms with Crippen molar-refractivity contribution >= 4 is 5.91 Å². The summed E-state index contributed by atoms with van der Waals surface area (Å²) in [4.78, 5) is 11.4. The summed E-state index contributed by atoms with van der Waals surface area (Å²) < 4.78 is 0. The fourth-order valence-corrected chi connectivity index (χ4v) is 1.03. The first kappa shape index (κ1) is 10.9. The van der Waals surface area contributed by atoms with Crippen molar-refractivity contribution in [1.29, 1.82) is 5.26 Å². The molecule has 0 saturated carbocycles. The molecular weight excluding hydrogens is 196 g/mol. The van der Waals surface area contributed by atoms with Gasteiger partial charge in [0.05, 0.1) is 18.1 Å². The van der Waals surface area contributed by atoms with Gasteiger partial charge in [0.15, 0.2) is 0 Å². The van der Waals surface area contributed by atoms with Gasteiger partial charge in [-0.25, -0.2) is 0 Å². The summed E-state index contributed by atoms with van der Waals surface area (Å²) in [6.07, 6.45) is 0.200. The van der Waals surface area contributed by atoms with Gasteiger partial charge in [0.2, 0.25) is 0 Å². The second-order valence-electron chi connectivity index (χ2n) is 2.87. The Bertz CT molecular complexity index is 410. The lowest BCUT2D eigenvalue weighted by atomic mass is 10.2. The minimum absolute atomic E-state index is 0.00654. The molecular formula is C10H10N2O3. The van der Waals surface area contributed by atoms with Gasteiger partial charge in [0, 0.05) is 6.54 Å². The van der Waals surface area contributed by atoms with E-state index in [1.165, 1.54) is 12.1 Å². The maximum absolute atomic E-state index is 11.4. The Morgan fingerprint density at radius 3 is 2.87 bits per heavy atom. The number of benzene rings is 1. The van der Waals surface area contributed by atoms with Gasteiger partial charge in [-0.15, -0.1) is 0 Å². The van der Waals surface area contributed by atoms with Crippen molar-refractivity contribution in [3.63, 3.8) is 0 Å². The summed E-state index contributed by atoms with van der Waals surface area (Å²) in [5.74, 6) is -0.820. The summed E-state index contributed by atoms with van der Waals surface area (Å²) in [6, 6.07) is 5.55. The predicted octanol–water partition coefficient (Wildman–Crippen LogP) is 0.741. The molecule has 1 amide bonds. The second-order valence-corrected chi connectivity index (χ2v) is 2.87.